The van der Waals surface area contributed by atoms with Gasteiger partial charge in [-0.05, 0) is 31.3 Å². The van der Waals surface area contributed by atoms with E-state index in [0.29, 0.717) is 12.1 Å². The van der Waals surface area contributed by atoms with Crippen LogP contribution in [0.4, 0.5) is 15.8 Å². The van der Waals surface area contributed by atoms with Gasteiger partial charge in [-0.15, -0.1) is 0 Å². The minimum atomic E-state index is -0.476. The molecule has 0 bridgehead atoms. The number of nitrogens with two attached hydrogens (primary N) is 1. The van der Waals surface area contributed by atoms with Gasteiger partial charge in [-0.2, -0.15) is 0 Å². The number of halogens is 1. The molecule has 4 nitrogen and oxygen atoms in total. The lowest BCUT2D eigenvalue weighted by atomic mass is 10.2. The van der Waals surface area contributed by atoms with Gasteiger partial charge in [-0.1, -0.05) is 13.8 Å². The zero-order chi connectivity index (χ0) is 13.5. The Morgan fingerprint density at radius 3 is 2.61 bits per heavy atom. The highest BCUT2D eigenvalue weighted by atomic mass is 19.1. The Morgan fingerprint density at radius 2 is 2.06 bits per heavy atom. The lowest BCUT2D eigenvalue weighted by molar-refractivity contribution is -0.116. The number of amides is 1. The van der Waals surface area contributed by atoms with E-state index in [2.05, 4.69) is 24.1 Å². The van der Waals surface area contributed by atoms with Gasteiger partial charge in [0.05, 0.1) is 5.69 Å². The Morgan fingerprint density at radius 1 is 1.39 bits per heavy atom. The molecule has 0 spiro atoms. The smallest absolute Gasteiger partial charge is 0.225 e. The largest absolute Gasteiger partial charge is 0.396 e. The molecule has 0 aliphatic carbocycles. The summed E-state index contributed by atoms with van der Waals surface area (Å²) in [5.74, 6) is -0.566. The number of carbonyl (C=O) groups is 1. The maximum Gasteiger partial charge on any atom is 0.225 e. The van der Waals surface area contributed by atoms with E-state index in [9.17, 15) is 9.18 Å². The fourth-order valence-electron chi connectivity index (χ4n) is 1.64. The van der Waals surface area contributed by atoms with Gasteiger partial charge in [0, 0.05) is 18.7 Å². The van der Waals surface area contributed by atoms with Crippen LogP contribution in [0.1, 0.15) is 20.3 Å². The Labute approximate surface area is 107 Å². The van der Waals surface area contributed by atoms with E-state index in [0.717, 1.165) is 19.6 Å². The summed E-state index contributed by atoms with van der Waals surface area (Å²) < 4.78 is 12.9. The van der Waals surface area contributed by atoms with Crippen LogP contribution >= 0.6 is 0 Å². The Bertz CT molecular complexity index is 405. The number of nitrogens with one attached hydrogen (secondary N) is 1. The van der Waals surface area contributed by atoms with Crippen LogP contribution in [0.5, 0.6) is 0 Å². The lowest BCUT2D eigenvalue weighted by Crippen LogP contribution is -2.27. The van der Waals surface area contributed by atoms with Gasteiger partial charge >= 0.3 is 0 Å². The molecule has 1 aromatic carbocycles. The summed E-state index contributed by atoms with van der Waals surface area (Å²) >= 11 is 0. The minimum absolute atomic E-state index is 0.0385. The van der Waals surface area contributed by atoms with Crippen LogP contribution in [0.2, 0.25) is 0 Å². The van der Waals surface area contributed by atoms with Gasteiger partial charge in [0.15, 0.2) is 0 Å². The third-order valence-electron chi connectivity index (χ3n) is 2.83. The molecule has 0 aromatic heterocycles. The maximum absolute atomic E-state index is 12.9. The minimum Gasteiger partial charge on any atom is -0.396 e. The molecular formula is C13H20FN3O. The number of rotatable bonds is 6. The first-order chi connectivity index (χ1) is 8.56. The van der Waals surface area contributed by atoms with Crippen molar-refractivity contribution in [3.05, 3.63) is 24.0 Å². The second kappa shape index (κ2) is 6.96. The predicted octanol–water partition coefficient (Wildman–Crippen LogP) is 2.08. The van der Waals surface area contributed by atoms with Gasteiger partial charge < -0.3 is 16.0 Å². The van der Waals surface area contributed by atoms with Crippen LogP contribution < -0.4 is 11.1 Å². The molecule has 0 saturated carbocycles. The van der Waals surface area contributed by atoms with Gasteiger partial charge in [0.2, 0.25) is 5.91 Å². The Kier molecular flexibility index (Phi) is 5.58. The zero-order valence-electron chi connectivity index (χ0n) is 10.9. The van der Waals surface area contributed by atoms with E-state index in [1.54, 1.807) is 0 Å². The van der Waals surface area contributed by atoms with Crippen molar-refractivity contribution in [2.24, 2.45) is 0 Å². The summed E-state index contributed by atoms with van der Waals surface area (Å²) in [6.07, 6.45) is 0.416. The summed E-state index contributed by atoms with van der Waals surface area (Å²) in [7, 11) is 0. The van der Waals surface area contributed by atoms with Gasteiger partial charge in [0.1, 0.15) is 5.82 Å². The Hall–Kier alpha value is -1.62. The molecule has 0 unspecified atom stereocenters. The van der Waals surface area contributed by atoms with Crippen molar-refractivity contribution in [3.8, 4) is 0 Å². The quantitative estimate of drug-likeness (QED) is 0.763. The summed E-state index contributed by atoms with van der Waals surface area (Å²) in [6.45, 7) is 6.68. The number of hydrogen-bond acceptors (Lipinski definition) is 3. The van der Waals surface area contributed by atoms with Gasteiger partial charge in [-0.3, -0.25) is 4.79 Å². The van der Waals surface area contributed by atoms with Crippen molar-refractivity contribution in [3.63, 3.8) is 0 Å². The van der Waals surface area contributed by atoms with Crippen LogP contribution in [0.3, 0.4) is 0 Å². The van der Waals surface area contributed by atoms with E-state index < -0.39 is 5.82 Å². The monoisotopic (exact) mass is 253 g/mol. The van der Waals surface area contributed by atoms with Crippen LogP contribution in [-0.4, -0.2) is 30.4 Å². The molecule has 0 aliphatic heterocycles. The molecule has 1 amide bonds. The summed E-state index contributed by atoms with van der Waals surface area (Å²) in [6, 6.07) is 4.17. The predicted molar refractivity (Wildman–Crippen MR) is 71.8 cm³/mol. The fourth-order valence-corrected chi connectivity index (χ4v) is 1.64. The number of nitrogens with zero attached hydrogens (tertiary/aromatic N) is 1. The average molecular weight is 253 g/mol. The SMILES string of the molecule is CCN(CC)CCC(=O)Nc1ccc(F)c(N)c1. The van der Waals surface area contributed by atoms with E-state index in [1.807, 2.05) is 0 Å². The van der Waals surface area contributed by atoms with E-state index in [-0.39, 0.29) is 11.6 Å². The van der Waals surface area contributed by atoms with Crippen LogP contribution in [0, 0.1) is 5.82 Å². The molecular weight excluding hydrogens is 233 g/mol. The molecule has 0 fully saturated rings. The Balaban J connectivity index is 2.46. The molecule has 3 N–H and O–H groups in total. The third kappa shape index (κ3) is 4.33. The normalized spacial score (nSPS) is 10.7. The molecule has 0 aliphatic rings. The molecule has 0 radical (unpaired) electrons. The van der Waals surface area contributed by atoms with Gasteiger partial charge in [-0.25, -0.2) is 4.39 Å². The van der Waals surface area contributed by atoms with Gasteiger partial charge in [0.25, 0.3) is 0 Å². The average Bonchev–Trinajstić information content (AvgIpc) is 2.35. The second-order valence-corrected chi connectivity index (χ2v) is 4.06. The van der Waals surface area contributed by atoms with E-state index >= 15 is 0 Å². The molecule has 0 heterocycles. The highest BCUT2D eigenvalue weighted by Gasteiger charge is 2.06. The number of benzene rings is 1. The van der Waals surface area contributed by atoms with Crippen molar-refractivity contribution in [2.75, 3.05) is 30.7 Å². The first-order valence-corrected chi connectivity index (χ1v) is 6.14. The zero-order valence-corrected chi connectivity index (χ0v) is 10.9. The molecule has 100 valence electrons. The molecule has 0 atom stereocenters. The fraction of sp³-hybridized carbons (Fsp3) is 0.462. The molecule has 1 rings (SSSR count). The van der Waals surface area contributed by atoms with Crippen molar-refractivity contribution >= 4 is 17.3 Å². The van der Waals surface area contributed by atoms with E-state index in [1.165, 1.54) is 18.2 Å². The van der Waals surface area contributed by atoms with Crippen molar-refractivity contribution < 1.29 is 9.18 Å². The second-order valence-electron chi connectivity index (χ2n) is 4.06. The summed E-state index contributed by atoms with van der Waals surface area (Å²) in [5.41, 5.74) is 5.99. The first-order valence-electron chi connectivity index (χ1n) is 6.14. The standard InChI is InChI=1S/C13H20FN3O/c1-3-17(4-2)8-7-13(18)16-10-5-6-11(14)12(15)9-10/h5-6,9H,3-4,7-8,15H2,1-2H3,(H,16,18). The topological polar surface area (TPSA) is 58.4 Å². The summed E-state index contributed by atoms with van der Waals surface area (Å²) in [5, 5.41) is 2.70. The molecule has 18 heavy (non-hydrogen) atoms. The van der Waals surface area contributed by atoms with Crippen LogP contribution in [-0.2, 0) is 4.79 Å². The van der Waals surface area contributed by atoms with Crippen LogP contribution in [0.25, 0.3) is 0 Å². The number of anilines is 2. The molecule has 5 heteroatoms. The number of carbonyl (C=O) groups excluding carboxylic acids is 1. The van der Waals surface area contributed by atoms with Crippen molar-refractivity contribution in [1.82, 2.24) is 4.90 Å². The maximum atomic E-state index is 12.9. The van der Waals surface area contributed by atoms with Crippen molar-refractivity contribution in [1.29, 1.82) is 0 Å². The highest BCUT2D eigenvalue weighted by Crippen LogP contribution is 2.16. The highest BCUT2D eigenvalue weighted by molar-refractivity contribution is 5.91. The lowest BCUT2D eigenvalue weighted by Gasteiger charge is -2.17. The van der Waals surface area contributed by atoms with E-state index in [4.69, 9.17) is 5.73 Å². The third-order valence-corrected chi connectivity index (χ3v) is 2.83. The van der Waals surface area contributed by atoms with Crippen LogP contribution in [0.15, 0.2) is 18.2 Å². The number of hydrogen-bond donors (Lipinski definition) is 2. The number of nitrogen functional groups attached to an aromatic ring is 1. The van der Waals surface area contributed by atoms with Crippen molar-refractivity contribution in [2.45, 2.75) is 20.3 Å². The summed E-state index contributed by atoms with van der Waals surface area (Å²) in [4.78, 5) is 13.8. The first kappa shape index (κ1) is 14.4. The molecule has 0 saturated heterocycles. The molecule has 1 aromatic rings.